The number of hydrogen-bond donors (Lipinski definition) is 1. The lowest BCUT2D eigenvalue weighted by atomic mass is 9.98. The third-order valence-electron chi connectivity index (χ3n) is 2.87. The third-order valence-corrected chi connectivity index (χ3v) is 3.83. The Morgan fingerprint density at radius 2 is 1.84 bits per heavy atom. The van der Waals surface area contributed by atoms with Gasteiger partial charge in [0, 0.05) is 10.6 Å². The normalized spacial score (nSPS) is 12.5. The average molecular weight is 347 g/mol. The Balaban J connectivity index is 2.61. The van der Waals surface area contributed by atoms with Crippen LogP contribution in [-0.2, 0) is 0 Å². The van der Waals surface area contributed by atoms with Crippen LogP contribution in [0.3, 0.4) is 0 Å². The highest BCUT2D eigenvalue weighted by Gasteiger charge is 2.23. The van der Waals surface area contributed by atoms with Crippen LogP contribution in [0.15, 0.2) is 40.9 Å². The summed E-state index contributed by atoms with van der Waals surface area (Å²) < 4.78 is 28.3. The minimum Gasteiger partial charge on any atom is -0.309 e. The number of nitrogens with one attached hydrogen (secondary N) is 1. The van der Waals surface area contributed by atoms with E-state index < -0.39 is 17.7 Å². The number of rotatable bonds is 3. The van der Waals surface area contributed by atoms with Crippen LogP contribution >= 0.6 is 27.5 Å². The molecule has 1 N–H and O–H groups in total. The quantitative estimate of drug-likeness (QED) is 0.795. The molecule has 0 saturated carbocycles. The molecule has 1 unspecified atom stereocenters. The standard InChI is InChI=1S/C14H11BrClF2N/c1-19-14(8-4-2-3-5-10(8)16)12-11(17)7-6-9(15)13(12)18/h2-7,14,19H,1H3. The van der Waals surface area contributed by atoms with E-state index in [0.29, 0.717) is 10.6 Å². The van der Waals surface area contributed by atoms with Crippen LogP contribution in [0.5, 0.6) is 0 Å². The van der Waals surface area contributed by atoms with Gasteiger partial charge < -0.3 is 5.32 Å². The van der Waals surface area contributed by atoms with Crippen LogP contribution in [0.1, 0.15) is 17.2 Å². The SMILES string of the molecule is CNC(c1ccccc1Cl)c1c(F)ccc(Br)c1F. The van der Waals surface area contributed by atoms with Crippen molar-refractivity contribution < 1.29 is 8.78 Å². The van der Waals surface area contributed by atoms with Crippen molar-refractivity contribution in [3.8, 4) is 0 Å². The lowest BCUT2D eigenvalue weighted by Gasteiger charge is -2.20. The number of benzene rings is 2. The predicted octanol–water partition coefficient (Wildman–Crippen LogP) is 4.69. The average Bonchev–Trinajstić information content (AvgIpc) is 2.40. The molecule has 1 atom stereocenters. The largest absolute Gasteiger partial charge is 0.309 e. The molecule has 0 spiro atoms. The molecule has 0 aromatic heterocycles. The van der Waals surface area contributed by atoms with Crippen LogP contribution in [0.25, 0.3) is 0 Å². The predicted molar refractivity (Wildman–Crippen MR) is 76.4 cm³/mol. The highest BCUT2D eigenvalue weighted by molar-refractivity contribution is 9.10. The van der Waals surface area contributed by atoms with Crippen LogP contribution < -0.4 is 5.32 Å². The molecule has 19 heavy (non-hydrogen) atoms. The molecule has 0 fully saturated rings. The van der Waals surface area contributed by atoms with Gasteiger partial charge in [-0.15, -0.1) is 0 Å². The second kappa shape index (κ2) is 5.99. The fraction of sp³-hybridized carbons (Fsp3) is 0.143. The van der Waals surface area contributed by atoms with Gasteiger partial charge in [-0.25, -0.2) is 8.78 Å². The molecule has 1 nitrogen and oxygen atoms in total. The lowest BCUT2D eigenvalue weighted by Crippen LogP contribution is -2.21. The zero-order valence-corrected chi connectivity index (χ0v) is 12.4. The van der Waals surface area contributed by atoms with Crippen molar-refractivity contribution in [2.75, 3.05) is 7.05 Å². The van der Waals surface area contributed by atoms with E-state index in [1.807, 2.05) is 0 Å². The van der Waals surface area contributed by atoms with Crippen molar-refractivity contribution in [1.29, 1.82) is 0 Å². The molecule has 0 saturated heterocycles. The Hall–Kier alpha value is -0.970. The fourth-order valence-corrected chi connectivity index (χ4v) is 2.56. The highest BCUT2D eigenvalue weighted by atomic mass is 79.9. The van der Waals surface area contributed by atoms with Crippen LogP contribution in [0.4, 0.5) is 8.78 Å². The Labute approximate surface area is 123 Å². The van der Waals surface area contributed by atoms with Gasteiger partial charge in [0.25, 0.3) is 0 Å². The summed E-state index contributed by atoms with van der Waals surface area (Å²) in [6, 6.07) is 8.90. The molecule has 0 radical (unpaired) electrons. The van der Waals surface area contributed by atoms with Crippen molar-refractivity contribution in [3.05, 3.63) is 68.7 Å². The molecule has 0 bridgehead atoms. The van der Waals surface area contributed by atoms with Gasteiger partial charge in [0.05, 0.1) is 10.5 Å². The van der Waals surface area contributed by atoms with Gasteiger partial charge >= 0.3 is 0 Å². The van der Waals surface area contributed by atoms with Crippen molar-refractivity contribution in [2.24, 2.45) is 0 Å². The van der Waals surface area contributed by atoms with Gasteiger partial charge in [0.2, 0.25) is 0 Å². The molecule has 2 aromatic carbocycles. The summed E-state index contributed by atoms with van der Waals surface area (Å²) in [5.41, 5.74) is 0.576. The van der Waals surface area contributed by atoms with Gasteiger partial charge in [-0.1, -0.05) is 29.8 Å². The first-order valence-electron chi connectivity index (χ1n) is 5.61. The molecule has 0 aliphatic carbocycles. The van der Waals surface area contributed by atoms with E-state index in [9.17, 15) is 8.78 Å². The Morgan fingerprint density at radius 3 is 2.47 bits per heavy atom. The Morgan fingerprint density at radius 1 is 1.16 bits per heavy atom. The molecule has 2 rings (SSSR count). The zero-order valence-electron chi connectivity index (χ0n) is 10.1. The van der Waals surface area contributed by atoms with Gasteiger partial charge in [-0.2, -0.15) is 0 Å². The zero-order chi connectivity index (χ0) is 14.0. The molecule has 0 amide bonds. The molecular formula is C14H11BrClF2N. The number of hydrogen-bond acceptors (Lipinski definition) is 1. The maximum absolute atomic E-state index is 14.1. The minimum absolute atomic E-state index is 0.0509. The summed E-state index contributed by atoms with van der Waals surface area (Å²) in [6.45, 7) is 0. The first-order valence-corrected chi connectivity index (χ1v) is 6.78. The molecule has 5 heteroatoms. The van der Waals surface area contributed by atoms with E-state index in [2.05, 4.69) is 21.2 Å². The van der Waals surface area contributed by atoms with E-state index in [1.165, 1.54) is 12.1 Å². The maximum atomic E-state index is 14.1. The summed E-state index contributed by atoms with van der Waals surface area (Å²) in [4.78, 5) is 0. The number of halogens is 4. The maximum Gasteiger partial charge on any atom is 0.145 e. The lowest BCUT2D eigenvalue weighted by molar-refractivity contribution is 0.518. The molecule has 0 aliphatic heterocycles. The van der Waals surface area contributed by atoms with Gasteiger partial charge in [-0.3, -0.25) is 0 Å². The second-order valence-electron chi connectivity index (χ2n) is 4.00. The Bertz CT molecular complexity index is 604. The van der Waals surface area contributed by atoms with Crippen molar-refractivity contribution in [3.63, 3.8) is 0 Å². The highest BCUT2D eigenvalue weighted by Crippen LogP contribution is 2.33. The summed E-state index contributed by atoms with van der Waals surface area (Å²) in [7, 11) is 1.63. The van der Waals surface area contributed by atoms with Gasteiger partial charge in [0.15, 0.2) is 0 Å². The van der Waals surface area contributed by atoms with Gasteiger partial charge in [0.1, 0.15) is 11.6 Å². The van der Waals surface area contributed by atoms with Crippen LogP contribution in [-0.4, -0.2) is 7.05 Å². The first-order chi connectivity index (χ1) is 9.06. The molecule has 2 aromatic rings. The third kappa shape index (κ3) is 2.81. The van der Waals surface area contributed by atoms with Crippen molar-refractivity contribution in [2.45, 2.75) is 6.04 Å². The summed E-state index contributed by atoms with van der Waals surface area (Å²) in [5, 5.41) is 3.36. The monoisotopic (exact) mass is 345 g/mol. The van der Waals surface area contributed by atoms with Crippen LogP contribution in [0, 0.1) is 11.6 Å². The summed E-state index contributed by atoms with van der Waals surface area (Å²) in [5.74, 6) is -1.24. The van der Waals surface area contributed by atoms with Crippen LogP contribution in [0.2, 0.25) is 5.02 Å². The second-order valence-corrected chi connectivity index (χ2v) is 5.26. The Kier molecular flexibility index (Phi) is 4.55. The fourth-order valence-electron chi connectivity index (χ4n) is 1.97. The molecule has 0 aliphatic rings. The molecule has 100 valence electrons. The summed E-state index contributed by atoms with van der Waals surface area (Å²) in [6.07, 6.45) is 0. The molecule has 0 heterocycles. The van der Waals surface area contributed by atoms with Crippen molar-refractivity contribution in [1.82, 2.24) is 5.32 Å². The summed E-state index contributed by atoms with van der Waals surface area (Å²) >= 11 is 9.16. The topological polar surface area (TPSA) is 12.0 Å². The van der Waals surface area contributed by atoms with Crippen molar-refractivity contribution >= 4 is 27.5 Å². The van der Waals surface area contributed by atoms with E-state index in [4.69, 9.17) is 11.6 Å². The minimum atomic E-state index is -0.647. The van der Waals surface area contributed by atoms with E-state index >= 15 is 0 Å². The van der Waals surface area contributed by atoms with Gasteiger partial charge in [-0.05, 0) is 46.7 Å². The van der Waals surface area contributed by atoms with E-state index in [0.717, 1.165) is 0 Å². The smallest absolute Gasteiger partial charge is 0.145 e. The first kappa shape index (κ1) is 14.4. The molecular weight excluding hydrogens is 336 g/mol. The van der Waals surface area contributed by atoms with E-state index in [1.54, 1.807) is 31.3 Å². The van der Waals surface area contributed by atoms with E-state index in [-0.39, 0.29) is 10.0 Å².